The fraction of sp³-hybridized carbons (Fsp3) is 0.364. The van der Waals surface area contributed by atoms with E-state index < -0.39 is 6.09 Å². The molecule has 9 heteroatoms. The van der Waals surface area contributed by atoms with E-state index in [0.717, 1.165) is 40.7 Å². The van der Waals surface area contributed by atoms with E-state index in [1.54, 1.807) is 23.3 Å². The fourth-order valence-electron chi connectivity index (χ4n) is 3.27. The van der Waals surface area contributed by atoms with E-state index in [1.807, 2.05) is 6.92 Å². The number of nitrogens with zero attached hydrogens (tertiary/aromatic N) is 4. The molecule has 1 fully saturated rings. The van der Waals surface area contributed by atoms with Crippen LogP contribution in [-0.4, -0.2) is 51.3 Å². The van der Waals surface area contributed by atoms with Gasteiger partial charge in [-0.2, -0.15) is 5.10 Å². The second-order valence-corrected chi connectivity index (χ2v) is 8.79. The Bertz CT molecular complexity index is 1100. The summed E-state index contributed by atoms with van der Waals surface area (Å²) in [6.45, 7) is 5.91. The molecule has 3 heterocycles. The number of nitrogens with one attached hydrogen (secondary N) is 1. The minimum absolute atomic E-state index is 0.154. The Hall–Kier alpha value is -3.20. The first-order valence-corrected chi connectivity index (χ1v) is 11.0. The van der Waals surface area contributed by atoms with E-state index in [1.165, 1.54) is 16.4 Å². The van der Waals surface area contributed by atoms with Gasteiger partial charge < -0.3 is 15.0 Å². The second kappa shape index (κ2) is 8.89. The molecule has 31 heavy (non-hydrogen) atoms. The molecule has 162 valence electrons. The SMILES string of the molecule is Cc1ccc(-c2nc(CCNC(=O)Oc3c(C(=O)N4CCC4)cnn3C)c(C)s2)cc1. The number of benzene rings is 1. The smallest absolute Gasteiger partial charge is 0.391 e. The van der Waals surface area contributed by atoms with Crippen LogP contribution < -0.4 is 10.1 Å². The van der Waals surface area contributed by atoms with Crippen LogP contribution in [0.1, 0.15) is 32.9 Å². The first-order valence-electron chi connectivity index (χ1n) is 10.2. The number of hydrogen-bond acceptors (Lipinski definition) is 6. The Kier molecular flexibility index (Phi) is 6.03. The van der Waals surface area contributed by atoms with Gasteiger partial charge in [0.05, 0.1) is 11.9 Å². The van der Waals surface area contributed by atoms with Gasteiger partial charge in [-0.15, -0.1) is 11.3 Å². The summed E-state index contributed by atoms with van der Waals surface area (Å²) in [6, 6.07) is 8.28. The van der Waals surface area contributed by atoms with Crippen molar-refractivity contribution < 1.29 is 14.3 Å². The molecule has 1 aromatic carbocycles. The maximum atomic E-state index is 12.5. The lowest BCUT2D eigenvalue weighted by atomic mass is 10.2. The molecule has 0 atom stereocenters. The number of ether oxygens (including phenoxy) is 1. The van der Waals surface area contributed by atoms with Gasteiger partial charge in [0.1, 0.15) is 10.6 Å². The quantitative estimate of drug-likeness (QED) is 0.636. The van der Waals surface area contributed by atoms with Gasteiger partial charge >= 0.3 is 6.09 Å². The van der Waals surface area contributed by atoms with Gasteiger partial charge in [-0.1, -0.05) is 29.8 Å². The van der Waals surface area contributed by atoms with Gasteiger partial charge in [0, 0.05) is 43.5 Å². The van der Waals surface area contributed by atoms with Crippen molar-refractivity contribution >= 4 is 23.3 Å². The standard InChI is InChI=1S/C22H25N5O3S/c1-14-5-7-16(8-6-14)19-25-18(15(2)31-19)9-10-23-22(29)30-21-17(13-24-26(21)3)20(28)27-11-4-12-27/h5-8,13H,4,9-12H2,1-3H3,(H,23,29). The van der Waals surface area contributed by atoms with Crippen LogP contribution in [0, 0.1) is 13.8 Å². The van der Waals surface area contributed by atoms with Gasteiger partial charge in [-0.25, -0.2) is 14.5 Å². The molecular weight excluding hydrogens is 414 g/mol. The molecule has 1 aliphatic heterocycles. The molecule has 2 aromatic heterocycles. The maximum Gasteiger partial charge on any atom is 0.413 e. The summed E-state index contributed by atoms with van der Waals surface area (Å²) in [5.41, 5.74) is 3.56. The topological polar surface area (TPSA) is 89.3 Å². The molecule has 0 aliphatic carbocycles. The minimum Gasteiger partial charge on any atom is -0.391 e. The summed E-state index contributed by atoms with van der Waals surface area (Å²) in [4.78, 5) is 32.3. The third kappa shape index (κ3) is 4.61. The Balaban J connectivity index is 1.34. The molecule has 0 bridgehead atoms. The largest absolute Gasteiger partial charge is 0.413 e. The predicted molar refractivity (Wildman–Crippen MR) is 118 cm³/mol. The molecule has 1 N–H and O–H groups in total. The first kappa shape index (κ1) is 21.0. The summed E-state index contributed by atoms with van der Waals surface area (Å²) in [5.74, 6) is -0.00946. The molecule has 4 rings (SSSR count). The lowest BCUT2D eigenvalue weighted by Gasteiger charge is -2.30. The van der Waals surface area contributed by atoms with Crippen molar-refractivity contribution in [2.24, 2.45) is 7.05 Å². The van der Waals surface area contributed by atoms with Crippen LogP contribution >= 0.6 is 11.3 Å². The van der Waals surface area contributed by atoms with Crippen molar-refractivity contribution in [3.05, 3.63) is 52.2 Å². The highest BCUT2D eigenvalue weighted by Gasteiger charge is 2.27. The normalized spacial score (nSPS) is 13.1. The summed E-state index contributed by atoms with van der Waals surface area (Å²) in [6.07, 6.45) is 2.40. The molecule has 2 amide bonds. The van der Waals surface area contributed by atoms with E-state index in [0.29, 0.717) is 18.5 Å². The number of thiazole rings is 1. The number of aryl methyl sites for hydroxylation is 3. The van der Waals surface area contributed by atoms with Crippen molar-refractivity contribution in [3.8, 4) is 16.5 Å². The summed E-state index contributed by atoms with van der Waals surface area (Å²) < 4.78 is 6.79. The van der Waals surface area contributed by atoms with Gasteiger partial charge in [-0.05, 0) is 20.3 Å². The van der Waals surface area contributed by atoms with Crippen LogP contribution in [0.4, 0.5) is 4.79 Å². The molecule has 1 aliphatic rings. The van der Waals surface area contributed by atoms with Crippen molar-refractivity contribution in [1.29, 1.82) is 0 Å². The fourth-order valence-corrected chi connectivity index (χ4v) is 4.24. The Morgan fingerprint density at radius 3 is 2.61 bits per heavy atom. The molecule has 8 nitrogen and oxygen atoms in total. The van der Waals surface area contributed by atoms with E-state index in [4.69, 9.17) is 9.72 Å². The second-order valence-electron chi connectivity index (χ2n) is 7.59. The Labute approximate surface area is 184 Å². The third-order valence-corrected chi connectivity index (χ3v) is 6.33. The number of hydrogen-bond donors (Lipinski definition) is 1. The van der Waals surface area contributed by atoms with E-state index in [2.05, 4.69) is 41.6 Å². The molecule has 3 aromatic rings. The van der Waals surface area contributed by atoms with E-state index in [9.17, 15) is 9.59 Å². The molecular formula is C22H25N5O3S. The molecule has 0 radical (unpaired) electrons. The number of carbonyl (C=O) groups is 2. The zero-order valence-corrected chi connectivity index (χ0v) is 18.7. The predicted octanol–water partition coefficient (Wildman–Crippen LogP) is 3.34. The zero-order chi connectivity index (χ0) is 22.0. The van der Waals surface area contributed by atoms with Gasteiger partial charge in [0.2, 0.25) is 5.88 Å². The highest BCUT2D eigenvalue weighted by Crippen LogP contribution is 2.28. The van der Waals surface area contributed by atoms with Crippen LogP contribution in [0.15, 0.2) is 30.5 Å². The number of likely N-dealkylation sites (tertiary alicyclic amines) is 1. The van der Waals surface area contributed by atoms with E-state index >= 15 is 0 Å². The van der Waals surface area contributed by atoms with Crippen molar-refractivity contribution in [2.45, 2.75) is 26.7 Å². The Morgan fingerprint density at radius 1 is 1.19 bits per heavy atom. The Morgan fingerprint density at radius 2 is 1.94 bits per heavy atom. The number of rotatable bonds is 6. The van der Waals surface area contributed by atoms with Crippen LogP contribution in [0.3, 0.4) is 0 Å². The van der Waals surface area contributed by atoms with Crippen LogP contribution in [0.5, 0.6) is 5.88 Å². The number of aromatic nitrogens is 3. The molecule has 0 unspecified atom stereocenters. The summed E-state index contributed by atoms with van der Waals surface area (Å²) in [5, 5.41) is 7.78. The third-order valence-electron chi connectivity index (χ3n) is 5.27. The molecule has 1 saturated heterocycles. The monoisotopic (exact) mass is 439 g/mol. The average Bonchev–Trinajstić information content (AvgIpc) is 3.24. The average molecular weight is 440 g/mol. The van der Waals surface area contributed by atoms with Crippen LogP contribution in [0.25, 0.3) is 10.6 Å². The number of carbonyl (C=O) groups excluding carboxylic acids is 2. The van der Waals surface area contributed by atoms with Crippen LogP contribution in [-0.2, 0) is 13.5 Å². The van der Waals surface area contributed by atoms with Gasteiger partial charge in [0.25, 0.3) is 5.91 Å². The first-order chi connectivity index (χ1) is 14.9. The zero-order valence-electron chi connectivity index (χ0n) is 17.8. The van der Waals surface area contributed by atoms with E-state index in [-0.39, 0.29) is 11.8 Å². The summed E-state index contributed by atoms with van der Waals surface area (Å²) in [7, 11) is 1.64. The number of amides is 2. The maximum absolute atomic E-state index is 12.5. The lowest BCUT2D eigenvalue weighted by molar-refractivity contribution is 0.0648. The van der Waals surface area contributed by atoms with Crippen molar-refractivity contribution in [3.63, 3.8) is 0 Å². The van der Waals surface area contributed by atoms with Gasteiger partial charge in [0.15, 0.2) is 0 Å². The molecule has 0 saturated carbocycles. The minimum atomic E-state index is -0.618. The molecule has 0 spiro atoms. The van der Waals surface area contributed by atoms with Crippen molar-refractivity contribution in [2.75, 3.05) is 19.6 Å². The van der Waals surface area contributed by atoms with Crippen molar-refractivity contribution in [1.82, 2.24) is 25.0 Å². The van der Waals surface area contributed by atoms with Crippen LogP contribution in [0.2, 0.25) is 0 Å². The lowest BCUT2D eigenvalue weighted by Crippen LogP contribution is -2.42. The van der Waals surface area contributed by atoms with Gasteiger partial charge in [-0.3, -0.25) is 4.79 Å². The summed E-state index contributed by atoms with van der Waals surface area (Å²) >= 11 is 1.64. The highest BCUT2D eigenvalue weighted by atomic mass is 32.1. The highest BCUT2D eigenvalue weighted by molar-refractivity contribution is 7.15.